The zero-order chi connectivity index (χ0) is 7.07. The predicted octanol–water partition coefficient (Wildman–Crippen LogP) is 3.37. The van der Waals surface area contributed by atoms with Crippen molar-refractivity contribution in [3.63, 3.8) is 0 Å². The van der Waals surface area contributed by atoms with E-state index < -0.39 is 0 Å². The molecule has 0 N–H and O–H groups in total. The van der Waals surface area contributed by atoms with Gasteiger partial charge in [0.05, 0.1) is 0 Å². The molecular weight excluding hydrogens is 223 g/mol. The van der Waals surface area contributed by atoms with Crippen molar-refractivity contribution in [3.05, 3.63) is 68.1 Å². The summed E-state index contributed by atoms with van der Waals surface area (Å²) < 4.78 is 0. The van der Waals surface area contributed by atoms with E-state index >= 15 is 0 Å². The van der Waals surface area contributed by atoms with Crippen molar-refractivity contribution < 1.29 is 27.6 Å². The van der Waals surface area contributed by atoms with Gasteiger partial charge in [-0.25, -0.2) is 24.3 Å². The smallest absolute Gasteiger partial charge is 0.358 e. The molecule has 0 amide bonds. The van der Waals surface area contributed by atoms with Gasteiger partial charge in [-0.3, -0.25) is 0 Å². The number of hydrogen-bond acceptors (Lipinski definition) is 0. The molecule has 0 fully saturated rings. The van der Waals surface area contributed by atoms with E-state index in [4.69, 9.17) is 0 Å². The monoisotopic (exact) mass is 236 g/mol. The summed E-state index contributed by atoms with van der Waals surface area (Å²) in [5, 5.41) is 0. The third-order valence-electron chi connectivity index (χ3n) is 1.11. The third-order valence-corrected chi connectivity index (χ3v) is 1.11. The van der Waals surface area contributed by atoms with Crippen molar-refractivity contribution in [2.24, 2.45) is 0 Å². The quantitative estimate of drug-likeness (QED) is 0.616. The Kier molecular flexibility index (Phi) is 12.5. The Morgan fingerprint density at radius 1 is 0.667 bits per heavy atom. The molecule has 0 aromatic heterocycles. The van der Waals surface area contributed by atoms with Crippen LogP contribution in [-0.4, -0.2) is 0 Å². The van der Waals surface area contributed by atoms with Crippen LogP contribution in [0.15, 0.2) is 60.7 Å². The first-order valence-electron chi connectivity index (χ1n) is 3.33. The summed E-state index contributed by atoms with van der Waals surface area (Å²) in [4.78, 5) is 0. The van der Waals surface area contributed by atoms with Crippen LogP contribution in [0, 0.1) is 7.43 Å². The SMILES string of the molecule is [CH3-].[H+].[Zr+3].c1cc[cH-]c1.c1cc[cH-]c1. The van der Waals surface area contributed by atoms with Crippen molar-refractivity contribution in [1.29, 1.82) is 0 Å². The van der Waals surface area contributed by atoms with E-state index in [9.17, 15) is 0 Å². The fourth-order valence-electron chi connectivity index (χ4n) is 0.642. The first-order valence-corrected chi connectivity index (χ1v) is 3.33. The van der Waals surface area contributed by atoms with Crippen LogP contribution < -0.4 is 0 Å². The van der Waals surface area contributed by atoms with Gasteiger partial charge < -0.3 is 7.43 Å². The molecule has 0 aliphatic carbocycles. The second kappa shape index (κ2) is 10.6. The molecule has 2 rings (SSSR count). The van der Waals surface area contributed by atoms with Crippen molar-refractivity contribution in [3.8, 4) is 0 Å². The summed E-state index contributed by atoms with van der Waals surface area (Å²) in [5.41, 5.74) is 0. The Hall–Kier alpha value is -0.417. The van der Waals surface area contributed by atoms with Crippen LogP contribution in [0.5, 0.6) is 0 Å². The van der Waals surface area contributed by atoms with Gasteiger partial charge in [0.1, 0.15) is 0 Å². The van der Waals surface area contributed by atoms with Crippen LogP contribution in [0.25, 0.3) is 0 Å². The summed E-state index contributed by atoms with van der Waals surface area (Å²) in [6.45, 7) is 0. The summed E-state index contributed by atoms with van der Waals surface area (Å²) in [6.07, 6.45) is 0. The molecule has 0 aliphatic heterocycles. The van der Waals surface area contributed by atoms with Crippen LogP contribution in [0.3, 0.4) is 0 Å². The molecule has 0 saturated heterocycles. The second-order valence-corrected chi connectivity index (χ2v) is 1.92. The summed E-state index contributed by atoms with van der Waals surface area (Å²) >= 11 is 0. The average Bonchev–Trinajstić information content (AvgIpc) is 2.67. The summed E-state index contributed by atoms with van der Waals surface area (Å²) in [5.74, 6) is 0. The normalized spacial score (nSPS) is 6.67. The minimum absolute atomic E-state index is 0. The van der Waals surface area contributed by atoms with E-state index in [0.717, 1.165) is 0 Å². The standard InChI is InChI=1S/2C5H5.CH3.Zr/c2*1-2-4-5-3-1;;/h2*1-5H;1H3;/q3*-1;+3/p+1. The Morgan fingerprint density at radius 2 is 0.917 bits per heavy atom. The predicted molar refractivity (Wildman–Crippen MR) is 51.6 cm³/mol. The molecule has 0 nitrogen and oxygen atoms in total. The Morgan fingerprint density at radius 3 is 1.00 bits per heavy atom. The average molecular weight is 237 g/mol. The molecule has 0 aliphatic rings. The van der Waals surface area contributed by atoms with E-state index in [2.05, 4.69) is 0 Å². The zero-order valence-corrected chi connectivity index (χ0v) is 9.73. The van der Waals surface area contributed by atoms with E-state index in [-0.39, 0.29) is 35.1 Å². The van der Waals surface area contributed by atoms with Gasteiger partial charge in [-0.05, 0) is 0 Å². The van der Waals surface area contributed by atoms with E-state index in [0.29, 0.717) is 0 Å². The van der Waals surface area contributed by atoms with Gasteiger partial charge in [-0.1, -0.05) is 0 Å². The molecule has 2 aromatic carbocycles. The molecule has 1 heteroatoms. The number of rotatable bonds is 0. The first kappa shape index (κ1) is 14.1. The molecule has 0 saturated carbocycles. The largest absolute Gasteiger partial charge is 3.00 e. The van der Waals surface area contributed by atoms with Crippen molar-refractivity contribution >= 4 is 0 Å². The van der Waals surface area contributed by atoms with Gasteiger partial charge in [-0.2, -0.15) is 36.4 Å². The molecule has 0 atom stereocenters. The van der Waals surface area contributed by atoms with Crippen molar-refractivity contribution in [2.75, 3.05) is 0 Å². The van der Waals surface area contributed by atoms with Crippen LogP contribution in [0.1, 0.15) is 1.43 Å². The fourth-order valence-corrected chi connectivity index (χ4v) is 0.642. The van der Waals surface area contributed by atoms with Gasteiger partial charge >= 0.3 is 27.6 Å². The Bertz CT molecular complexity index is 149. The molecule has 0 unspecified atom stereocenters. The van der Waals surface area contributed by atoms with Gasteiger partial charge in [0.2, 0.25) is 0 Å². The summed E-state index contributed by atoms with van der Waals surface area (Å²) in [6, 6.07) is 20.0. The minimum atomic E-state index is 0. The van der Waals surface area contributed by atoms with E-state index in [1.807, 2.05) is 60.7 Å². The maximum absolute atomic E-state index is 2.00. The molecule has 0 heterocycles. The fraction of sp³-hybridized carbons (Fsp3) is 0. The first-order chi connectivity index (χ1) is 5.00. The molecule has 0 spiro atoms. The van der Waals surface area contributed by atoms with Gasteiger partial charge in [-0.15, -0.1) is 0 Å². The Labute approximate surface area is 95.6 Å². The molecule has 2 aromatic rings. The topological polar surface area (TPSA) is 0 Å². The summed E-state index contributed by atoms with van der Waals surface area (Å²) in [7, 11) is 0. The Balaban J connectivity index is -0.000000125. The number of hydrogen-bond donors (Lipinski definition) is 0. The van der Waals surface area contributed by atoms with Gasteiger partial charge in [0.25, 0.3) is 0 Å². The minimum Gasteiger partial charge on any atom is -0.358 e. The van der Waals surface area contributed by atoms with Crippen LogP contribution in [0.2, 0.25) is 0 Å². The molecular formula is C11H14Zr+. The maximum Gasteiger partial charge on any atom is 3.00 e. The maximum atomic E-state index is 2.00. The van der Waals surface area contributed by atoms with E-state index in [1.165, 1.54) is 0 Å². The second-order valence-electron chi connectivity index (χ2n) is 1.92. The third kappa shape index (κ3) is 7.69. The van der Waals surface area contributed by atoms with Crippen LogP contribution in [0.4, 0.5) is 0 Å². The van der Waals surface area contributed by atoms with Gasteiger partial charge in [0, 0.05) is 0 Å². The van der Waals surface area contributed by atoms with Crippen LogP contribution >= 0.6 is 0 Å². The molecule has 12 heavy (non-hydrogen) atoms. The van der Waals surface area contributed by atoms with Crippen molar-refractivity contribution in [1.82, 2.24) is 0 Å². The molecule has 61 valence electrons. The van der Waals surface area contributed by atoms with E-state index in [1.54, 1.807) is 0 Å². The van der Waals surface area contributed by atoms with Crippen molar-refractivity contribution in [2.45, 2.75) is 0 Å². The molecule has 0 bridgehead atoms. The molecule has 1 radical (unpaired) electrons. The van der Waals surface area contributed by atoms with Gasteiger partial charge in [0.15, 0.2) is 0 Å². The van der Waals surface area contributed by atoms with Crippen LogP contribution in [-0.2, 0) is 26.2 Å². The zero-order valence-electron chi connectivity index (χ0n) is 8.27.